The molecule has 0 saturated heterocycles. The molecule has 1 atom stereocenters. The van der Waals surface area contributed by atoms with Crippen molar-refractivity contribution in [2.75, 3.05) is 0 Å². The number of hydrogen-bond acceptors (Lipinski definition) is 4. The van der Waals surface area contributed by atoms with Crippen molar-refractivity contribution in [3.63, 3.8) is 0 Å². The van der Waals surface area contributed by atoms with E-state index in [4.69, 9.17) is 4.74 Å². The normalized spacial score (nSPS) is 11.8. The van der Waals surface area contributed by atoms with Crippen LogP contribution >= 0.6 is 0 Å². The van der Waals surface area contributed by atoms with Crippen molar-refractivity contribution in [3.05, 3.63) is 59.8 Å². The first-order chi connectivity index (χ1) is 13.9. The molecule has 0 aliphatic heterocycles. The van der Waals surface area contributed by atoms with E-state index in [2.05, 4.69) is 20.9 Å². The third kappa shape index (κ3) is 7.44. The van der Waals surface area contributed by atoms with E-state index < -0.39 is 6.04 Å². The van der Waals surface area contributed by atoms with E-state index in [0.717, 1.165) is 11.1 Å². The van der Waals surface area contributed by atoms with E-state index in [1.165, 1.54) is 0 Å². The zero-order valence-electron chi connectivity index (χ0n) is 17.4. The van der Waals surface area contributed by atoms with Gasteiger partial charge in [0.1, 0.15) is 6.04 Å². The number of amides is 3. The van der Waals surface area contributed by atoms with Gasteiger partial charge in [0.2, 0.25) is 11.8 Å². The van der Waals surface area contributed by atoms with Gasteiger partial charge in [0, 0.05) is 24.8 Å². The van der Waals surface area contributed by atoms with Crippen molar-refractivity contribution in [2.24, 2.45) is 5.92 Å². The SMILES string of the molecule is CC(C)Oc1ncccc1CNC(=O)C(NC(=O)NCc1ccccc1)C(C)C. The number of ether oxygens (including phenoxy) is 1. The fraction of sp³-hybridized carbons (Fsp3) is 0.409. The summed E-state index contributed by atoms with van der Waals surface area (Å²) in [5.74, 6) is 0.171. The highest BCUT2D eigenvalue weighted by Crippen LogP contribution is 2.15. The van der Waals surface area contributed by atoms with E-state index in [9.17, 15) is 9.59 Å². The molecule has 0 bridgehead atoms. The van der Waals surface area contributed by atoms with Crippen LogP contribution in [-0.4, -0.2) is 29.1 Å². The number of aromatic nitrogens is 1. The number of urea groups is 1. The van der Waals surface area contributed by atoms with Gasteiger partial charge in [-0.05, 0) is 31.4 Å². The number of nitrogens with zero attached hydrogens (tertiary/aromatic N) is 1. The fourth-order valence-electron chi connectivity index (χ4n) is 2.69. The van der Waals surface area contributed by atoms with Crippen LogP contribution in [0.25, 0.3) is 0 Å². The number of benzene rings is 1. The highest BCUT2D eigenvalue weighted by Gasteiger charge is 2.24. The monoisotopic (exact) mass is 398 g/mol. The first-order valence-corrected chi connectivity index (χ1v) is 9.83. The van der Waals surface area contributed by atoms with Crippen molar-refractivity contribution in [2.45, 2.75) is 52.9 Å². The summed E-state index contributed by atoms with van der Waals surface area (Å²) in [5.41, 5.74) is 1.77. The zero-order valence-corrected chi connectivity index (χ0v) is 17.4. The van der Waals surface area contributed by atoms with Crippen molar-refractivity contribution >= 4 is 11.9 Å². The lowest BCUT2D eigenvalue weighted by molar-refractivity contribution is -0.124. The van der Waals surface area contributed by atoms with Gasteiger partial charge in [-0.15, -0.1) is 0 Å². The Morgan fingerprint density at radius 3 is 2.34 bits per heavy atom. The second-order valence-corrected chi connectivity index (χ2v) is 7.39. The van der Waals surface area contributed by atoms with Crippen LogP contribution in [0.4, 0.5) is 4.79 Å². The maximum absolute atomic E-state index is 12.7. The number of carbonyl (C=O) groups excluding carboxylic acids is 2. The topological polar surface area (TPSA) is 92.3 Å². The van der Waals surface area contributed by atoms with Gasteiger partial charge in [-0.25, -0.2) is 9.78 Å². The Balaban J connectivity index is 1.91. The standard InChI is InChI=1S/C22H30N4O3/c1-15(2)19(26-22(28)25-13-17-9-6-5-7-10-17)20(27)24-14-18-11-8-12-23-21(18)29-16(3)4/h5-12,15-16,19H,13-14H2,1-4H3,(H,24,27)(H2,25,26,28). The van der Waals surface area contributed by atoms with E-state index in [1.807, 2.05) is 64.1 Å². The number of nitrogens with one attached hydrogen (secondary N) is 3. The van der Waals surface area contributed by atoms with Crippen molar-refractivity contribution in [1.29, 1.82) is 0 Å². The summed E-state index contributed by atoms with van der Waals surface area (Å²) in [4.78, 5) is 29.2. The summed E-state index contributed by atoms with van der Waals surface area (Å²) in [6.45, 7) is 8.28. The maximum atomic E-state index is 12.7. The largest absolute Gasteiger partial charge is 0.475 e. The second kappa shape index (κ2) is 11.0. The average Bonchev–Trinajstić information content (AvgIpc) is 2.69. The minimum atomic E-state index is -0.656. The number of hydrogen-bond donors (Lipinski definition) is 3. The molecule has 0 aliphatic rings. The van der Waals surface area contributed by atoms with Crippen LogP contribution in [0.3, 0.4) is 0 Å². The average molecular weight is 399 g/mol. The molecule has 3 amide bonds. The van der Waals surface area contributed by atoms with E-state index in [0.29, 0.717) is 12.4 Å². The summed E-state index contributed by atoms with van der Waals surface area (Å²) in [6, 6.07) is 12.2. The lowest BCUT2D eigenvalue weighted by atomic mass is 10.0. The number of rotatable bonds is 9. The van der Waals surface area contributed by atoms with Gasteiger partial charge in [0.05, 0.1) is 6.10 Å². The van der Waals surface area contributed by atoms with Gasteiger partial charge in [-0.1, -0.05) is 50.2 Å². The Labute approximate surface area is 172 Å². The van der Waals surface area contributed by atoms with Gasteiger partial charge in [0.25, 0.3) is 0 Å². The molecule has 3 N–H and O–H groups in total. The highest BCUT2D eigenvalue weighted by molar-refractivity contribution is 5.87. The molecule has 1 unspecified atom stereocenters. The minimum Gasteiger partial charge on any atom is -0.475 e. The minimum absolute atomic E-state index is 0.0160. The Morgan fingerprint density at radius 2 is 1.69 bits per heavy atom. The molecule has 0 saturated carbocycles. The second-order valence-electron chi connectivity index (χ2n) is 7.39. The summed E-state index contributed by atoms with van der Waals surface area (Å²) >= 11 is 0. The summed E-state index contributed by atoms with van der Waals surface area (Å²) < 4.78 is 5.68. The zero-order chi connectivity index (χ0) is 21.2. The van der Waals surface area contributed by atoms with Crippen LogP contribution in [0.1, 0.15) is 38.8 Å². The molecule has 7 nitrogen and oxygen atoms in total. The molecule has 7 heteroatoms. The molecular formula is C22H30N4O3. The molecule has 2 aromatic rings. The molecule has 0 fully saturated rings. The Morgan fingerprint density at radius 1 is 0.966 bits per heavy atom. The fourth-order valence-corrected chi connectivity index (χ4v) is 2.69. The van der Waals surface area contributed by atoms with Crippen LogP contribution < -0.4 is 20.7 Å². The molecule has 0 aliphatic carbocycles. The Hall–Kier alpha value is -3.09. The van der Waals surface area contributed by atoms with Crippen LogP contribution in [-0.2, 0) is 17.9 Å². The highest BCUT2D eigenvalue weighted by atomic mass is 16.5. The summed E-state index contributed by atoms with van der Waals surface area (Å²) in [5, 5.41) is 8.42. The van der Waals surface area contributed by atoms with Crippen LogP contribution in [0.2, 0.25) is 0 Å². The van der Waals surface area contributed by atoms with E-state index in [-0.39, 0.29) is 30.5 Å². The van der Waals surface area contributed by atoms with Gasteiger partial charge in [-0.2, -0.15) is 0 Å². The van der Waals surface area contributed by atoms with Gasteiger partial charge in [0.15, 0.2) is 0 Å². The first kappa shape index (κ1) is 22.2. The number of pyridine rings is 1. The van der Waals surface area contributed by atoms with Crippen LogP contribution in [0.15, 0.2) is 48.7 Å². The van der Waals surface area contributed by atoms with Gasteiger partial charge < -0.3 is 20.7 Å². The molecule has 1 heterocycles. The third-order valence-corrected chi connectivity index (χ3v) is 4.18. The Bertz CT molecular complexity index is 794. The Kier molecular flexibility index (Phi) is 8.45. The van der Waals surface area contributed by atoms with Crippen molar-refractivity contribution in [3.8, 4) is 5.88 Å². The van der Waals surface area contributed by atoms with E-state index in [1.54, 1.807) is 12.3 Å². The molecule has 2 rings (SSSR count). The third-order valence-electron chi connectivity index (χ3n) is 4.18. The smallest absolute Gasteiger partial charge is 0.315 e. The van der Waals surface area contributed by atoms with Crippen molar-refractivity contribution < 1.29 is 14.3 Å². The number of carbonyl (C=O) groups is 2. The maximum Gasteiger partial charge on any atom is 0.315 e. The van der Waals surface area contributed by atoms with Crippen LogP contribution in [0.5, 0.6) is 5.88 Å². The quantitative estimate of drug-likeness (QED) is 0.605. The molecule has 29 heavy (non-hydrogen) atoms. The lowest BCUT2D eigenvalue weighted by Gasteiger charge is -2.22. The van der Waals surface area contributed by atoms with Gasteiger partial charge >= 0.3 is 6.03 Å². The lowest BCUT2D eigenvalue weighted by Crippen LogP contribution is -2.52. The molecule has 156 valence electrons. The predicted molar refractivity (Wildman–Crippen MR) is 112 cm³/mol. The predicted octanol–water partition coefficient (Wildman–Crippen LogP) is 3.01. The molecule has 0 radical (unpaired) electrons. The van der Waals surface area contributed by atoms with E-state index >= 15 is 0 Å². The van der Waals surface area contributed by atoms with Gasteiger partial charge in [-0.3, -0.25) is 4.79 Å². The van der Waals surface area contributed by atoms with Crippen LogP contribution in [0, 0.1) is 5.92 Å². The molecule has 0 spiro atoms. The first-order valence-electron chi connectivity index (χ1n) is 9.83. The van der Waals surface area contributed by atoms with Crippen molar-refractivity contribution in [1.82, 2.24) is 20.9 Å². The molecule has 1 aromatic heterocycles. The molecular weight excluding hydrogens is 368 g/mol. The summed E-state index contributed by atoms with van der Waals surface area (Å²) in [6.07, 6.45) is 1.64. The molecule has 1 aromatic carbocycles. The summed E-state index contributed by atoms with van der Waals surface area (Å²) in [7, 11) is 0.